The van der Waals surface area contributed by atoms with Gasteiger partial charge in [0.05, 0.1) is 17.7 Å². The van der Waals surface area contributed by atoms with Gasteiger partial charge in [0.1, 0.15) is 24.3 Å². The van der Waals surface area contributed by atoms with Gasteiger partial charge in [-0.1, -0.05) is 127 Å². The van der Waals surface area contributed by atoms with Gasteiger partial charge in [0, 0.05) is 16.7 Å². The Morgan fingerprint density at radius 1 is 0.593 bits per heavy atom. The third-order valence-electron chi connectivity index (χ3n) is 10.2. The van der Waals surface area contributed by atoms with E-state index in [2.05, 4.69) is 15.0 Å². The molecule has 7 aromatic rings. The molecule has 0 radical (unpaired) electrons. The predicted molar refractivity (Wildman–Crippen MR) is 211 cm³/mol. The van der Waals surface area contributed by atoms with Gasteiger partial charge >= 0.3 is 11.9 Å². The molecule has 0 bridgehead atoms. The van der Waals surface area contributed by atoms with Gasteiger partial charge in [-0.05, 0) is 24.3 Å². The SMILES string of the molecule is Nc1ncnc2c1ncn2[C@]1(C(=O)c2ccccc2)O[C@H](CO)[C@](OC(=O)c2ccccc2)(C(=O)c2ccccc2)[C@]1(OC(=O)c1ccccc1)C(=O)c1ccccc1. The molecule has 14 heteroatoms. The first-order valence-electron chi connectivity index (χ1n) is 18.3. The number of aromatic nitrogens is 4. The quantitative estimate of drug-likeness (QED) is 0.120. The molecule has 5 aromatic carbocycles. The number of esters is 2. The van der Waals surface area contributed by atoms with E-state index in [1.807, 2.05) is 0 Å². The third kappa shape index (κ3) is 5.97. The fourth-order valence-corrected chi connectivity index (χ4v) is 7.59. The zero-order chi connectivity index (χ0) is 41.2. The Kier molecular flexibility index (Phi) is 9.94. The van der Waals surface area contributed by atoms with E-state index in [1.54, 1.807) is 54.6 Å². The molecular formula is C45H33N5O9. The van der Waals surface area contributed by atoms with Crippen LogP contribution >= 0.6 is 0 Å². The number of ketones is 3. The molecule has 292 valence electrons. The van der Waals surface area contributed by atoms with Crippen LogP contribution in [0.15, 0.2) is 164 Å². The summed E-state index contributed by atoms with van der Waals surface area (Å²) >= 11 is 0. The van der Waals surface area contributed by atoms with Crippen molar-refractivity contribution < 1.29 is 43.3 Å². The van der Waals surface area contributed by atoms with Gasteiger partial charge in [-0.3, -0.25) is 19.0 Å². The second-order valence-electron chi connectivity index (χ2n) is 13.5. The Morgan fingerprint density at radius 3 is 1.53 bits per heavy atom. The fourth-order valence-electron chi connectivity index (χ4n) is 7.59. The van der Waals surface area contributed by atoms with Gasteiger partial charge in [-0.2, -0.15) is 0 Å². The Morgan fingerprint density at radius 2 is 1.03 bits per heavy atom. The van der Waals surface area contributed by atoms with Crippen molar-refractivity contribution in [3.63, 3.8) is 0 Å². The van der Waals surface area contributed by atoms with Gasteiger partial charge < -0.3 is 25.1 Å². The Balaban J connectivity index is 1.61. The highest BCUT2D eigenvalue weighted by Gasteiger charge is 2.88. The summed E-state index contributed by atoms with van der Waals surface area (Å²) < 4.78 is 20.9. The highest BCUT2D eigenvalue weighted by molar-refractivity contribution is 6.20. The molecule has 0 amide bonds. The summed E-state index contributed by atoms with van der Waals surface area (Å²) in [6, 6.07) is 37.3. The Bertz CT molecular complexity index is 2700. The lowest BCUT2D eigenvalue weighted by Gasteiger charge is -2.47. The van der Waals surface area contributed by atoms with Crippen molar-refractivity contribution in [3.05, 3.63) is 192 Å². The lowest BCUT2D eigenvalue weighted by molar-refractivity contribution is -0.150. The van der Waals surface area contributed by atoms with E-state index in [4.69, 9.17) is 19.9 Å². The Labute approximate surface area is 335 Å². The number of ether oxygens (including phenoxy) is 3. The number of aliphatic hydroxyl groups excluding tert-OH is 1. The van der Waals surface area contributed by atoms with Gasteiger partial charge in [0.15, 0.2) is 11.5 Å². The summed E-state index contributed by atoms with van der Waals surface area (Å²) in [5, 5.41) is 11.6. The van der Waals surface area contributed by atoms with Crippen LogP contribution in [-0.2, 0) is 19.9 Å². The molecule has 0 spiro atoms. The van der Waals surface area contributed by atoms with Gasteiger partial charge in [-0.25, -0.2) is 24.5 Å². The molecule has 3 heterocycles. The van der Waals surface area contributed by atoms with Crippen LogP contribution in [0.2, 0.25) is 0 Å². The molecule has 2 aromatic heterocycles. The number of hydrogen-bond donors (Lipinski definition) is 2. The standard InChI is InChI=1S/C45H33N5O9/c46-39-35-40(48-27-47-39)50(28-49-35)45(38(54)31-20-10-3-11-21-31)44(37(53)30-18-8-2-9-19-30,59-42(56)33-24-14-5-15-25-33)43(34(26-51)57-45,36(52)29-16-6-1-7-17-29)58-41(55)32-22-12-4-13-23-32/h1-25,27-28,34,51H,26H2,(H2,46,47,48)/t34-,43+,44-,45-/m1/s1. The molecule has 1 saturated heterocycles. The van der Waals surface area contributed by atoms with E-state index in [0.717, 1.165) is 17.2 Å². The van der Waals surface area contributed by atoms with Gasteiger partial charge in [0.2, 0.25) is 17.3 Å². The van der Waals surface area contributed by atoms with E-state index < -0.39 is 58.9 Å². The van der Waals surface area contributed by atoms with Crippen molar-refractivity contribution >= 4 is 46.3 Å². The van der Waals surface area contributed by atoms with Crippen molar-refractivity contribution in [2.24, 2.45) is 0 Å². The molecule has 0 saturated carbocycles. The molecule has 14 nitrogen and oxygen atoms in total. The maximum atomic E-state index is 16.3. The molecule has 8 rings (SSSR count). The fraction of sp³-hybridized carbons (Fsp3) is 0.111. The number of fused-ring (bicyclic) bond motifs is 1. The van der Waals surface area contributed by atoms with Gasteiger partial charge in [-0.15, -0.1) is 0 Å². The lowest BCUT2D eigenvalue weighted by atomic mass is 9.65. The third-order valence-corrected chi connectivity index (χ3v) is 10.2. The normalized spacial score (nSPS) is 21.1. The molecule has 1 fully saturated rings. The first kappa shape index (κ1) is 38.2. The van der Waals surface area contributed by atoms with Crippen LogP contribution in [0.1, 0.15) is 51.8 Å². The minimum atomic E-state index is -3.43. The second-order valence-corrected chi connectivity index (χ2v) is 13.5. The van der Waals surface area contributed by atoms with Crippen LogP contribution in [0.25, 0.3) is 11.2 Å². The van der Waals surface area contributed by atoms with Crippen LogP contribution in [0, 0.1) is 0 Å². The second kappa shape index (κ2) is 15.3. The lowest BCUT2D eigenvalue weighted by Crippen LogP contribution is -2.76. The topological polar surface area (TPSA) is 203 Å². The molecular weight excluding hydrogens is 755 g/mol. The molecule has 0 unspecified atom stereocenters. The number of imidazole rings is 1. The summed E-state index contributed by atoms with van der Waals surface area (Å²) in [5.41, 5.74) is -4.52. The zero-order valence-corrected chi connectivity index (χ0v) is 31.0. The average Bonchev–Trinajstić information content (AvgIpc) is 3.84. The van der Waals surface area contributed by atoms with Crippen LogP contribution < -0.4 is 5.73 Å². The number of Topliss-reactive ketones (excluding diaryl/α,β-unsaturated/α-hetero) is 3. The zero-order valence-electron chi connectivity index (χ0n) is 31.0. The number of aliphatic hydroxyl groups is 1. The van der Waals surface area contributed by atoms with Crippen molar-refractivity contribution in [2.45, 2.75) is 23.0 Å². The first-order chi connectivity index (χ1) is 28.7. The molecule has 3 N–H and O–H groups in total. The highest BCUT2D eigenvalue weighted by atomic mass is 16.7. The van der Waals surface area contributed by atoms with Crippen molar-refractivity contribution in [1.82, 2.24) is 19.5 Å². The van der Waals surface area contributed by atoms with Gasteiger partial charge in [0.25, 0.3) is 16.9 Å². The van der Waals surface area contributed by atoms with Crippen molar-refractivity contribution in [1.29, 1.82) is 0 Å². The minimum absolute atomic E-state index is 0.0690. The summed E-state index contributed by atoms with van der Waals surface area (Å²) in [6.07, 6.45) is 0.00309. The summed E-state index contributed by atoms with van der Waals surface area (Å²) in [7, 11) is 0. The minimum Gasteiger partial charge on any atom is -0.439 e. The predicted octanol–water partition coefficient (Wildman–Crippen LogP) is 5.29. The number of benzene rings is 5. The van der Waals surface area contributed by atoms with Crippen molar-refractivity contribution in [2.75, 3.05) is 12.3 Å². The highest BCUT2D eigenvalue weighted by Crippen LogP contribution is 2.59. The molecule has 0 aliphatic carbocycles. The van der Waals surface area contributed by atoms with Crippen LogP contribution in [0.5, 0.6) is 0 Å². The molecule has 4 atom stereocenters. The van der Waals surface area contributed by atoms with E-state index in [9.17, 15) is 14.7 Å². The smallest absolute Gasteiger partial charge is 0.339 e. The van der Waals surface area contributed by atoms with Crippen LogP contribution in [-0.4, -0.2) is 77.8 Å². The summed E-state index contributed by atoms with van der Waals surface area (Å²) in [6.45, 7) is -1.18. The monoisotopic (exact) mass is 787 g/mol. The number of carbonyl (C=O) groups excluding carboxylic acids is 5. The summed E-state index contributed by atoms with van der Waals surface area (Å²) in [4.78, 5) is 90.7. The average molecular weight is 788 g/mol. The molecule has 1 aliphatic rings. The van der Waals surface area contributed by atoms with E-state index in [-0.39, 0.29) is 44.8 Å². The maximum absolute atomic E-state index is 16.3. The van der Waals surface area contributed by atoms with Crippen molar-refractivity contribution in [3.8, 4) is 0 Å². The number of hydrogen-bond acceptors (Lipinski definition) is 13. The maximum Gasteiger partial charge on any atom is 0.339 e. The number of nitrogen functional groups attached to an aromatic ring is 1. The van der Waals surface area contributed by atoms with Crippen LogP contribution in [0.3, 0.4) is 0 Å². The first-order valence-corrected chi connectivity index (χ1v) is 18.3. The van der Waals surface area contributed by atoms with E-state index in [1.165, 1.54) is 97.1 Å². The number of carbonyl (C=O) groups is 5. The summed E-state index contributed by atoms with van der Waals surface area (Å²) in [5.74, 6) is -6.04. The number of rotatable bonds is 12. The number of nitrogens with zero attached hydrogens (tertiary/aromatic N) is 4. The number of anilines is 1. The van der Waals surface area contributed by atoms with Crippen LogP contribution in [0.4, 0.5) is 5.82 Å². The molecule has 59 heavy (non-hydrogen) atoms. The number of nitrogens with two attached hydrogens (primary N) is 1. The Hall–Kier alpha value is -7.68. The van der Waals surface area contributed by atoms with E-state index in [0.29, 0.717) is 0 Å². The largest absolute Gasteiger partial charge is 0.439 e. The molecule has 1 aliphatic heterocycles. The van der Waals surface area contributed by atoms with E-state index >= 15 is 14.4 Å².